The van der Waals surface area contributed by atoms with Crippen LogP contribution in [-0.4, -0.2) is 16.9 Å². The Hall–Kier alpha value is -1.45. The normalized spacial score (nSPS) is 16.2. The maximum Gasteiger partial charge on any atom is 0.123 e. The molecule has 4 heteroatoms. The second-order valence-corrected chi connectivity index (χ2v) is 6.12. The minimum atomic E-state index is -0.187. The molecule has 1 aromatic carbocycles. The topological polar surface area (TPSA) is 16.1 Å². The third-order valence-corrected chi connectivity index (χ3v) is 4.37. The largest absolute Gasteiger partial charge is 0.295 e. The summed E-state index contributed by atoms with van der Waals surface area (Å²) in [4.78, 5) is 6.32. The predicted molar refractivity (Wildman–Crippen MR) is 82.6 cm³/mol. The quantitative estimate of drug-likeness (QED) is 0.811. The van der Waals surface area contributed by atoms with Crippen molar-refractivity contribution in [2.24, 2.45) is 5.92 Å². The van der Waals surface area contributed by atoms with Crippen LogP contribution in [0, 0.1) is 11.7 Å². The maximum atomic E-state index is 13.1. The summed E-state index contributed by atoms with van der Waals surface area (Å²) in [6.07, 6.45) is 5.90. The fourth-order valence-electron chi connectivity index (χ4n) is 2.86. The summed E-state index contributed by atoms with van der Waals surface area (Å²) in [5.74, 6) is 0.467. The molecule has 2 nitrogen and oxygen atoms in total. The van der Waals surface area contributed by atoms with Gasteiger partial charge < -0.3 is 0 Å². The number of halogens is 2. The average molecular weight is 305 g/mol. The molecule has 0 spiro atoms. The van der Waals surface area contributed by atoms with Gasteiger partial charge in [-0.15, -0.1) is 0 Å². The van der Waals surface area contributed by atoms with E-state index >= 15 is 0 Å². The van der Waals surface area contributed by atoms with Crippen molar-refractivity contribution in [2.75, 3.05) is 7.05 Å². The molecule has 0 saturated heterocycles. The molecule has 1 heterocycles. The van der Waals surface area contributed by atoms with Crippen LogP contribution in [0.1, 0.15) is 30.0 Å². The molecule has 1 saturated carbocycles. The zero-order valence-electron chi connectivity index (χ0n) is 12.0. The molecular weight excluding hydrogens is 287 g/mol. The van der Waals surface area contributed by atoms with Gasteiger partial charge in [0.25, 0.3) is 0 Å². The number of hydrogen-bond acceptors (Lipinski definition) is 2. The summed E-state index contributed by atoms with van der Waals surface area (Å²) < 4.78 is 13.1. The van der Waals surface area contributed by atoms with Crippen LogP contribution < -0.4 is 0 Å². The van der Waals surface area contributed by atoms with E-state index in [9.17, 15) is 4.39 Å². The van der Waals surface area contributed by atoms with E-state index in [0.717, 1.165) is 12.1 Å². The van der Waals surface area contributed by atoms with E-state index in [1.807, 2.05) is 18.2 Å². The van der Waals surface area contributed by atoms with Gasteiger partial charge in [-0.3, -0.25) is 9.88 Å². The maximum absolute atomic E-state index is 13.1. The predicted octanol–water partition coefficient (Wildman–Crippen LogP) is 4.46. The van der Waals surface area contributed by atoms with Crippen molar-refractivity contribution < 1.29 is 4.39 Å². The first-order chi connectivity index (χ1) is 10.1. The fourth-order valence-corrected chi connectivity index (χ4v) is 3.04. The molecule has 1 fully saturated rings. The van der Waals surface area contributed by atoms with Gasteiger partial charge in [-0.05, 0) is 55.1 Å². The molecule has 3 rings (SSSR count). The Labute approximate surface area is 129 Å². The van der Waals surface area contributed by atoms with Gasteiger partial charge in [0.05, 0.1) is 5.02 Å². The van der Waals surface area contributed by atoms with Gasteiger partial charge in [-0.2, -0.15) is 0 Å². The summed E-state index contributed by atoms with van der Waals surface area (Å²) >= 11 is 6.20. The van der Waals surface area contributed by atoms with E-state index in [1.54, 1.807) is 12.4 Å². The van der Waals surface area contributed by atoms with Crippen molar-refractivity contribution in [1.29, 1.82) is 0 Å². The molecule has 21 heavy (non-hydrogen) atoms. The van der Waals surface area contributed by atoms with Crippen LogP contribution in [0.25, 0.3) is 0 Å². The Bertz CT molecular complexity index is 610. The van der Waals surface area contributed by atoms with Crippen LogP contribution in [0.15, 0.2) is 42.7 Å². The highest BCUT2D eigenvalue weighted by atomic mass is 35.5. The van der Waals surface area contributed by atoms with Gasteiger partial charge in [-0.1, -0.05) is 23.7 Å². The number of hydrogen-bond donors (Lipinski definition) is 0. The van der Waals surface area contributed by atoms with Crippen molar-refractivity contribution in [3.63, 3.8) is 0 Å². The zero-order chi connectivity index (χ0) is 14.8. The lowest BCUT2D eigenvalue weighted by molar-refractivity contribution is 0.212. The Kier molecular flexibility index (Phi) is 4.22. The molecule has 0 bridgehead atoms. The molecule has 0 radical (unpaired) electrons. The molecule has 1 aliphatic carbocycles. The van der Waals surface area contributed by atoms with E-state index in [0.29, 0.717) is 17.0 Å². The summed E-state index contributed by atoms with van der Waals surface area (Å²) in [5, 5.41) is 0.693. The third kappa shape index (κ3) is 3.42. The van der Waals surface area contributed by atoms with E-state index in [2.05, 4.69) is 16.9 Å². The monoisotopic (exact) mass is 304 g/mol. The minimum absolute atomic E-state index is 0.187. The van der Waals surface area contributed by atoms with Crippen molar-refractivity contribution in [1.82, 2.24) is 9.88 Å². The highest BCUT2D eigenvalue weighted by molar-refractivity contribution is 6.31. The SMILES string of the molecule is CN(Cc1ccncc1Cl)[C@H](c1ccc(F)cc1)C1CC1. The van der Waals surface area contributed by atoms with Gasteiger partial charge in [0.1, 0.15) is 5.82 Å². The minimum Gasteiger partial charge on any atom is -0.295 e. The van der Waals surface area contributed by atoms with Crippen molar-refractivity contribution >= 4 is 11.6 Å². The molecule has 0 unspecified atom stereocenters. The van der Waals surface area contributed by atoms with E-state index in [1.165, 1.54) is 30.5 Å². The summed E-state index contributed by atoms with van der Waals surface area (Å²) in [7, 11) is 2.10. The first kappa shape index (κ1) is 14.5. The van der Waals surface area contributed by atoms with Crippen LogP contribution in [0.2, 0.25) is 5.02 Å². The Morgan fingerprint density at radius 1 is 1.29 bits per heavy atom. The molecule has 1 aliphatic rings. The van der Waals surface area contributed by atoms with Crippen LogP contribution in [-0.2, 0) is 6.54 Å². The Morgan fingerprint density at radius 3 is 2.62 bits per heavy atom. The smallest absolute Gasteiger partial charge is 0.123 e. The lowest BCUT2D eigenvalue weighted by atomic mass is 10.0. The highest BCUT2D eigenvalue weighted by Crippen LogP contribution is 2.44. The standard InChI is InChI=1S/C17H18ClFN2/c1-21(11-14-8-9-20-10-16(14)18)17(12-2-3-12)13-4-6-15(19)7-5-13/h4-10,12,17H,2-3,11H2,1H3/t17-/m0/s1. The molecule has 1 atom stereocenters. The molecule has 0 N–H and O–H groups in total. The van der Waals surface area contributed by atoms with Crippen LogP contribution >= 0.6 is 11.6 Å². The van der Waals surface area contributed by atoms with Crippen LogP contribution in [0.4, 0.5) is 4.39 Å². The van der Waals surface area contributed by atoms with Gasteiger partial charge in [0.15, 0.2) is 0 Å². The molecule has 0 amide bonds. The van der Waals surface area contributed by atoms with Crippen molar-refractivity contribution in [2.45, 2.75) is 25.4 Å². The van der Waals surface area contributed by atoms with Gasteiger partial charge in [0, 0.05) is 25.0 Å². The van der Waals surface area contributed by atoms with E-state index < -0.39 is 0 Å². The molecular formula is C17H18ClFN2. The van der Waals surface area contributed by atoms with E-state index in [-0.39, 0.29) is 5.82 Å². The summed E-state index contributed by atoms with van der Waals surface area (Å²) in [6.45, 7) is 0.764. The Balaban J connectivity index is 1.81. The second kappa shape index (κ2) is 6.12. The summed E-state index contributed by atoms with van der Waals surface area (Å²) in [5.41, 5.74) is 2.24. The van der Waals surface area contributed by atoms with Gasteiger partial charge in [0.2, 0.25) is 0 Å². The van der Waals surface area contributed by atoms with Gasteiger partial charge in [-0.25, -0.2) is 4.39 Å². The fraction of sp³-hybridized carbons (Fsp3) is 0.353. The number of aromatic nitrogens is 1. The third-order valence-electron chi connectivity index (χ3n) is 4.03. The molecule has 2 aromatic rings. The van der Waals surface area contributed by atoms with Crippen LogP contribution in [0.3, 0.4) is 0 Å². The molecule has 1 aromatic heterocycles. The number of benzene rings is 1. The van der Waals surface area contributed by atoms with Crippen molar-refractivity contribution in [3.05, 3.63) is 64.7 Å². The molecule has 0 aliphatic heterocycles. The lowest BCUT2D eigenvalue weighted by Crippen LogP contribution is -2.26. The van der Waals surface area contributed by atoms with Crippen LogP contribution in [0.5, 0.6) is 0 Å². The number of pyridine rings is 1. The first-order valence-electron chi connectivity index (χ1n) is 7.19. The summed E-state index contributed by atoms with van der Waals surface area (Å²) in [6, 6.07) is 9.13. The van der Waals surface area contributed by atoms with Gasteiger partial charge >= 0.3 is 0 Å². The lowest BCUT2D eigenvalue weighted by Gasteiger charge is -2.29. The Morgan fingerprint density at radius 2 is 2.00 bits per heavy atom. The van der Waals surface area contributed by atoms with Crippen molar-refractivity contribution in [3.8, 4) is 0 Å². The number of nitrogens with zero attached hydrogens (tertiary/aromatic N) is 2. The number of rotatable bonds is 5. The first-order valence-corrected chi connectivity index (χ1v) is 7.57. The van der Waals surface area contributed by atoms with E-state index in [4.69, 9.17) is 11.6 Å². The molecule has 110 valence electrons. The highest BCUT2D eigenvalue weighted by Gasteiger charge is 2.35. The zero-order valence-corrected chi connectivity index (χ0v) is 12.7. The average Bonchev–Trinajstić information content (AvgIpc) is 3.29. The second-order valence-electron chi connectivity index (χ2n) is 5.72.